The first kappa shape index (κ1) is 31.7. The molecule has 10 aromatic rings. The molecule has 0 atom stereocenters. The molecule has 0 saturated heterocycles. The van der Waals surface area contributed by atoms with E-state index in [9.17, 15) is 0 Å². The molecular weight excluding hydrogens is 685 g/mol. The van der Waals surface area contributed by atoms with Gasteiger partial charge >= 0.3 is 0 Å². The Bertz CT molecular complexity index is 2970. The van der Waals surface area contributed by atoms with E-state index in [1.54, 1.807) is 0 Å². The summed E-state index contributed by atoms with van der Waals surface area (Å²) >= 11 is 1.86. The average molecular weight is 719 g/mol. The number of anilines is 3. The molecule has 0 bridgehead atoms. The van der Waals surface area contributed by atoms with E-state index < -0.39 is 0 Å². The van der Waals surface area contributed by atoms with Gasteiger partial charge in [0.2, 0.25) is 0 Å². The van der Waals surface area contributed by atoms with Crippen LogP contribution in [0.15, 0.2) is 216 Å². The lowest BCUT2D eigenvalue weighted by atomic mass is 9.95. The number of rotatable bonds is 5. The highest BCUT2D eigenvalue weighted by Crippen LogP contribution is 2.54. The predicted octanol–water partition coefficient (Wildman–Crippen LogP) is 14.9. The standard InChI is InChI=1S/C52H34N2S/c1-4-14-35(15-5-1)37-24-29-49-51(33-37)55-52-34-38(36-16-6-2-7-17-36)25-30-50(52)54(49)47-31-27-41(42-20-10-11-21-43(42)47)39-26-28-48-45(32-39)44-22-12-13-23-46(44)53(48)40-18-8-3-9-19-40/h1-34H. The molecule has 2 heterocycles. The topological polar surface area (TPSA) is 8.17 Å². The van der Waals surface area contributed by atoms with E-state index in [2.05, 4.69) is 216 Å². The molecule has 3 heteroatoms. The molecule has 1 aliphatic rings. The van der Waals surface area contributed by atoms with E-state index in [0.29, 0.717) is 0 Å². The maximum atomic E-state index is 2.48. The third-order valence-electron chi connectivity index (χ3n) is 11.0. The van der Waals surface area contributed by atoms with E-state index in [0.717, 1.165) is 0 Å². The van der Waals surface area contributed by atoms with Crippen molar-refractivity contribution in [3.63, 3.8) is 0 Å². The van der Waals surface area contributed by atoms with Crippen LogP contribution in [0, 0.1) is 0 Å². The van der Waals surface area contributed by atoms with E-state index in [4.69, 9.17) is 0 Å². The van der Waals surface area contributed by atoms with Crippen molar-refractivity contribution in [2.75, 3.05) is 4.90 Å². The zero-order valence-corrected chi connectivity index (χ0v) is 30.7. The summed E-state index contributed by atoms with van der Waals surface area (Å²) < 4.78 is 2.38. The van der Waals surface area contributed by atoms with Crippen molar-refractivity contribution < 1.29 is 0 Å². The van der Waals surface area contributed by atoms with Crippen LogP contribution in [-0.4, -0.2) is 4.57 Å². The van der Waals surface area contributed by atoms with Gasteiger partial charge in [-0.25, -0.2) is 0 Å². The first-order chi connectivity index (χ1) is 27.3. The van der Waals surface area contributed by atoms with Crippen LogP contribution in [0.25, 0.3) is 71.6 Å². The monoisotopic (exact) mass is 718 g/mol. The molecule has 0 saturated carbocycles. The highest BCUT2D eigenvalue weighted by Gasteiger charge is 2.28. The molecule has 0 spiro atoms. The van der Waals surface area contributed by atoms with E-state index in [1.165, 1.54) is 98.5 Å². The summed E-state index contributed by atoms with van der Waals surface area (Å²) in [5.74, 6) is 0. The summed E-state index contributed by atoms with van der Waals surface area (Å²) in [4.78, 5) is 4.97. The Hall–Kier alpha value is -6.81. The molecule has 0 fully saturated rings. The van der Waals surface area contributed by atoms with Crippen molar-refractivity contribution in [2.24, 2.45) is 0 Å². The normalized spacial score (nSPS) is 12.3. The molecule has 2 nitrogen and oxygen atoms in total. The van der Waals surface area contributed by atoms with Crippen LogP contribution in [0.2, 0.25) is 0 Å². The number of hydrogen-bond donors (Lipinski definition) is 0. The average Bonchev–Trinajstić information content (AvgIpc) is 3.59. The quantitative estimate of drug-likeness (QED) is 0.175. The van der Waals surface area contributed by atoms with Crippen molar-refractivity contribution in [2.45, 2.75) is 9.79 Å². The molecule has 0 N–H and O–H groups in total. The second kappa shape index (κ2) is 12.9. The Balaban J connectivity index is 1.09. The molecule has 0 radical (unpaired) electrons. The first-order valence-electron chi connectivity index (χ1n) is 18.8. The molecule has 1 aromatic heterocycles. The maximum Gasteiger partial charge on any atom is 0.0602 e. The van der Waals surface area contributed by atoms with Crippen LogP contribution in [-0.2, 0) is 0 Å². The van der Waals surface area contributed by atoms with Gasteiger partial charge in [-0.15, -0.1) is 0 Å². The number of fused-ring (bicyclic) bond motifs is 6. The first-order valence-corrected chi connectivity index (χ1v) is 19.6. The lowest BCUT2D eigenvalue weighted by molar-refractivity contribution is 1.17. The predicted molar refractivity (Wildman–Crippen MR) is 233 cm³/mol. The summed E-state index contributed by atoms with van der Waals surface area (Å²) in [6.45, 7) is 0. The van der Waals surface area contributed by atoms with E-state index in [1.807, 2.05) is 11.8 Å². The molecule has 258 valence electrons. The molecule has 1 aliphatic heterocycles. The zero-order valence-electron chi connectivity index (χ0n) is 29.9. The van der Waals surface area contributed by atoms with Gasteiger partial charge in [0, 0.05) is 31.6 Å². The lowest BCUT2D eigenvalue weighted by Gasteiger charge is -2.34. The van der Waals surface area contributed by atoms with Gasteiger partial charge in [-0.1, -0.05) is 157 Å². The molecule has 0 aliphatic carbocycles. The number of benzene rings is 9. The molecule has 0 amide bonds. The van der Waals surface area contributed by atoms with Gasteiger partial charge in [-0.05, 0) is 99.4 Å². The van der Waals surface area contributed by atoms with Gasteiger partial charge in [-0.2, -0.15) is 0 Å². The van der Waals surface area contributed by atoms with Gasteiger partial charge in [0.05, 0.1) is 28.1 Å². The molecule has 0 unspecified atom stereocenters. The van der Waals surface area contributed by atoms with Gasteiger partial charge < -0.3 is 9.47 Å². The lowest BCUT2D eigenvalue weighted by Crippen LogP contribution is -2.15. The SMILES string of the molecule is c1ccc(-c2ccc3c(c2)Sc2cc(-c4ccccc4)ccc2N3c2ccc(-c3ccc4c(c3)c3ccccc3n4-c3ccccc3)c3ccccc23)cc1. The largest absolute Gasteiger partial charge is 0.309 e. The fourth-order valence-electron chi connectivity index (χ4n) is 8.41. The van der Waals surface area contributed by atoms with Crippen LogP contribution in [0.5, 0.6) is 0 Å². The van der Waals surface area contributed by atoms with E-state index in [-0.39, 0.29) is 0 Å². The minimum Gasteiger partial charge on any atom is -0.309 e. The van der Waals surface area contributed by atoms with Crippen LogP contribution in [0.4, 0.5) is 17.1 Å². The van der Waals surface area contributed by atoms with Gasteiger partial charge in [0.1, 0.15) is 0 Å². The number of hydrogen-bond acceptors (Lipinski definition) is 2. The summed E-state index contributed by atoms with van der Waals surface area (Å²) in [6.07, 6.45) is 0. The fourth-order valence-corrected chi connectivity index (χ4v) is 9.55. The molecular formula is C52H34N2S. The molecule has 11 rings (SSSR count). The zero-order chi connectivity index (χ0) is 36.3. The summed E-state index contributed by atoms with van der Waals surface area (Å²) in [5, 5.41) is 4.96. The van der Waals surface area contributed by atoms with Crippen LogP contribution in [0.1, 0.15) is 0 Å². The fraction of sp³-hybridized carbons (Fsp3) is 0. The minimum atomic E-state index is 1.17. The molecule has 9 aromatic carbocycles. The Morgan fingerprint density at radius 1 is 0.309 bits per heavy atom. The third kappa shape index (κ3) is 5.27. The molecule has 55 heavy (non-hydrogen) atoms. The van der Waals surface area contributed by atoms with Crippen LogP contribution < -0.4 is 4.90 Å². The van der Waals surface area contributed by atoms with E-state index >= 15 is 0 Å². The van der Waals surface area contributed by atoms with Crippen molar-refractivity contribution in [3.8, 4) is 39.1 Å². The second-order valence-electron chi connectivity index (χ2n) is 14.1. The summed E-state index contributed by atoms with van der Waals surface area (Å²) in [6, 6.07) is 75.2. The summed E-state index contributed by atoms with van der Waals surface area (Å²) in [7, 11) is 0. The number of nitrogens with zero attached hydrogens (tertiary/aromatic N) is 2. The highest BCUT2D eigenvalue weighted by molar-refractivity contribution is 7.99. The minimum absolute atomic E-state index is 1.17. The van der Waals surface area contributed by atoms with Gasteiger partial charge in [0.15, 0.2) is 0 Å². The Labute approximate surface area is 324 Å². The van der Waals surface area contributed by atoms with Gasteiger partial charge in [0.25, 0.3) is 0 Å². The maximum absolute atomic E-state index is 2.48. The number of para-hydroxylation sites is 2. The summed E-state index contributed by atoms with van der Waals surface area (Å²) in [5.41, 5.74) is 14.5. The van der Waals surface area contributed by atoms with Crippen molar-refractivity contribution in [1.82, 2.24) is 4.57 Å². The van der Waals surface area contributed by atoms with Crippen molar-refractivity contribution >= 4 is 61.4 Å². The van der Waals surface area contributed by atoms with Crippen molar-refractivity contribution in [3.05, 3.63) is 206 Å². The highest BCUT2D eigenvalue weighted by atomic mass is 32.2. The Morgan fingerprint density at radius 2 is 0.818 bits per heavy atom. The Morgan fingerprint density at radius 3 is 1.47 bits per heavy atom. The van der Waals surface area contributed by atoms with Crippen LogP contribution in [0.3, 0.4) is 0 Å². The number of aromatic nitrogens is 1. The van der Waals surface area contributed by atoms with Gasteiger partial charge in [-0.3, -0.25) is 0 Å². The second-order valence-corrected chi connectivity index (χ2v) is 15.2. The van der Waals surface area contributed by atoms with Crippen molar-refractivity contribution in [1.29, 1.82) is 0 Å². The Kier molecular flexibility index (Phi) is 7.46. The third-order valence-corrected chi connectivity index (χ3v) is 12.1. The smallest absolute Gasteiger partial charge is 0.0602 e. The van der Waals surface area contributed by atoms with Crippen LogP contribution >= 0.6 is 11.8 Å².